The molecule has 15 heteroatoms. The highest BCUT2D eigenvalue weighted by Gasteiger charge is 2.32. The largest absolute Gasteiger partial charge is 0.481 e. The minimum Gasteiger partial charge on any atom is -0.481 e. The molecule has 0 aliphatic heterocycles. The van der Waals surface area contributed by atoms with Crippen LogP contribution in [-0.4, -0.2) is 79.9 Å². The molecule has 0 spiro atoms. The van der Waals surface area contributed by atoms with E-state index in [2.05, 4.69) is 25.9 Å². The molecule has 0 aliphatic carbocycles. The summed E-state index contributed by atoms with van der Waals surface area (Å²) in [5, 5.41) is 27.5. The van der Waals surface area contributed by atoms with Crippen LogP contribution in [0, 0.1) is 0 Å². The number of carbonyl (C=O) groups is 6. The lowest BCUT2D eigenvalue weighted by Crippen LogP contribution is -2.58. The monoisotopic (exact) mass is 633 g/mol. The number of nitrogens with one attached hydrogen (secondary N) is 5. The molecule has 2 aromatic carbocycles. The zero-order valence-corrected chi connectivity index (χ0v) is 24.6. The molecule has 15 nitrogen and oxygen atoms in total. The van der Waals surface area contributed by atoms with Gasteiger partial charge in [-0.25, -0.2) is 4.79 Å². The van der Waals surface area contributed by atoms with Gasteiger partial charge in [-0.2, -0.15) is 0 Å². The number of aliphatic carboxylic acids is 2. The topological polar surface area (TPSA) is 263 Å². The maximum atomic E-state index is 13.7. The minimum absolute atomic E-state index is 0.0336. The predicted octanol–water partition coefficient (Wildman–Crippen LogP) is 0.0409. The number of amides is 4. The number of aromatic amines is 2. The summed E-state index contributed by atoms with van der Waals surface area (Å²) < 4.78 is 0. The molecule has 0 saturated carbocycles. The number of hydrogen-bond donors (Lipinski definition) is 9. The molecule has 0 fully saturated rings. The Labute approximate surface area is 262 Å². The Balaban J connectivity index is 1.56. The summed E-state index contributed by atoms with van der Waals surface area (Å²) in [5.41, 5.74) is 14.5. The zero-order valence-electron chi connectivity index (χ0n) is 24.6. The Bertz CT molecular complexity index is 1760. The number of rotatable bonds is 16. The van der Waals surface area contributed by atoms with Crippen molar-refractivity contribution in [1.82, 2.24) is 25.9 Å². The van der Waals surface area contributed by atoms with Crippen molar-refractivity contribution >= 4 is 57.4 Å². The van der Waals surface area contributed by atoms with Gasteiger partial charge in [0.1, 0.15) is 18.1 Å². The Kier molecular flexibility index (Phi) is 10.7. The van der Waals surface area contributed by atoms with Crippen molar-refractivity contribution in [3.8, 4) is 0 Å². The Morgan fingerprint density at radius 3 is 1.74 bits per heavy atom. The average molecular weight is 634 g/mol. The molecule has 4 rings (SSSR count). The number of benzene rings is 2. The standard InChI is InChI=1S/C31H35N7O8/c32-20(11-16-14-34-21-7-3-1-5-18(16)21)28(42)37-24(12-17-15-35-22-8-4-2-6-19(17)22)30(44)36-23(9-10-27(40)41)29(43)38-25(31(45)46)13-26(33)39/h1-8,14-15,20,23-25,34-35H,9-13,32H2,(H2,33,39)(H,36,44)(H,37,42)(H,38,43)(H,40,41)(H,45,46). The molecule has 4 atom stereocenters. The minimum atomic E-state index is -1.71. The molecular weight excluding hydrogens is 598 g/mol. The normalized spacial score (nSPS) is 13.8. The van der Waals surface area contributed by atoms with E-state index in [1.54, 1.807) is 12.4 Å². The fourth-order valence-corrected chi connectivity index (χ4v) is 5.12. The molecular formula is C31H35N7O8. The second kappa shape index (κ2) is 14.9. The van der Waals surface area contributed by atoms with Crippen molar-refractivity contribution in [3.05, 3.63) is 72.1 Å². The number of fused-ring (bicyclic) bond motifs is 2. The van der Waals surface area contributed by atoms with Crippen LogP contribution in [0.25, 0.3) is 21.8 Å². The van der Waals surface area contributed by atoms with Gasteiger partial charge >= 0.3 is 11.9 Å². The summed E-state index contributed by atoms with van der Waals surface area (Å²) in [7, 11) is 0. The molecule has 46 heavy (non-hydrogen) atoms. The SMILES string of the molecule is NC(=O)CC(NC(=O)C(CCC(=O)O)NC(=O)C(Cc1c[nH]c2ccccc12)NC(=O)C(N)Cc1c[nH]c2ccccc12)C(=O)O. The van der Waals surface area contributed by atoms with E-state index in [1.807, 2.05) is 48.5 Å². The molecule has 11 N–H and O–H groups in total. The fraction of sp³-hybridized carbons (Fsp3) is 0.290. The highest BCUT2D eigenvalue weighted by Crippen LogP contribution is 2.21. The summed E-state index contributed by atoms with van der Waals surface area (Å²) in [6.07, 6.45) is 1.85. The molecule has 2 aromatic heterocycles. The van der Waals surface area contributed by atoms with Crippen molar-refractivity contribution in [1.29, 1.82) is 0 Å². The van der Waals surface area contributed by atoms with Gasteiger partial charge in [-0.15, -0.1) is 0 Å². The first-order valence-corrected chi connectivity index (χ1v) is 14.4. The highest BCUT2D eigenvalue weighted by molar-refractivity contribution is 5.96. The van der Waals surface area contributed by atoms with Crippen LogP contribution in [0.15, 0.2) is 60.9 Å². The number of nitrogens with two attached hydrogens (primary N) is 2. The molecule has 4 aromatic rings. The highest BCUT2D eigenvalue weighted by atomic mass is 16.4. The van der Waals surface area contributed by atoms with Gasteiger partial charge in [-0.3, -0.25) is 24.0 Å². The molecule has 4 amide bonds. The summed E-state index contributed by atoms with van der Waals surface area (Å²) in [5.74, 6) is -6.36. The van der Waals surface area contributed by atoms with E-state index in [4.69, 9.17) is 11.5 Å². The van der Waals surface area contributed by atoms with E-state index in [0.717, 1.165) is 27.4 Å². The maximum absolute atomic E-state index is 13.7. The summed E-state index contributed by atoms with van der Waals surface area (Å²) in [4.78, 5) is 80.6. The number of carboxylic acids is 2. The lowest BCUT2D eigenvalue weighted by molar-refractivity contribution is -0.144. The van der Waals surface area contributed by atoms with Crippen molar-refractivity contribution in [2.75, 3.05) is 0 Å². The van der Waals surface area contributed by atoms with Crippen LogP contribution in [-0.2, 0) is 41.6 Å². The van der Waals surface area contributed by atoms with Gasteiger partial charge in [0.2, 0.25) is 23.6 Å². The van der Waals surface area contributed by atoms with Crippen LogP contribution < -0.4 is 27.4 Å². The van der Waals surface area contributed by atoms with Gasteiger partial charge in [0.15, 0.2) is 0 Å². The molecule has 0 bridgehead atoms. The average Bonchev–Trinajstić information content (AvgIpc) is 3.62. The Morgan fingerprint density at radius 1 is 0.696 bits per heavy atom. The van der Waals surface area contributed by atoms with E-state index >= 15 is 0 Å². The first-order valence-electron chi connectivity index (χ1n) is 14.4. The van der Waals surface area contributed by atoms with Crippen molar-refractivity contribution in [2.45, 2.75) is 56.3 Å². The predicted molar refractivity (Wildman–Crippen MR) is 166 cm³/mol. The Hall–Kier alpha value is -5.70. The van der Waals surface area contributed by atoms with Crippen LogP contribution >= 0.6 is 0 Å². The smallest absolute Gasteiger partial charge is 0.326 e. The summed E-state index contributed by atoms with van der Waals surface area (Å²) in [6, 6.07) is 9.22. The van der Waals surface area contributed by atoms with Crippen molar-refractivity contribution < 1.29 is 39.0 Å². The third-order valence-corrected chi connectivity index (χ3v) is 7.48. The lowest BCUT2D eigenvalue weighted by Gasteiger charge is -2.25. The molecule has 242 valence electrons. The van der Waals surface area contributed by atoms with Gasteiger partial charge in [-0.1, -0.05) is 36.4 Å². The quantitative estimate of drug-likeness (QED) is 0.0805. The van der Waals surface area contributed by atoms with Crippen LogP contribution in [0.2, 0.25) is 0 Å². The first-order chi connectivity index (χ1) is 21.9. The first kappa shape index (κ1) is 33.2. The van der Waals surface area contributed by atoms with Crippen LogP contribution in [0.3, 0.4) is 0 Å². The van der Waals surface area contributed by atoms with Crippen LogP contribution in [0.4, 0.5) is 0 Å². The van der Waals surface area contributed by atoms with Gasteiger partial charge in [0.05, 0.1) is 12.5 Å². The van der Waals surface area contributed by atoms with E-state index in [-0.39, 0.29) is 12.8 Å². The lowest BCUT2D eigenvalue weighted by atomic mass is 10.0. The van der Waals surface area contributed by atoms with Crippen molar-refractivity contribution in [3.63, 3.8) is 0 Å². The number of aromatic nitrogens is 2. The number of hydrogen-bond acceptors (Lipinski definition) is 7. The maximum Gasteiger partial charge on any atom is 0.326 e. The molecule has 0 radical (unpaired) electrons. The third kappa shape index (κ3) is 8.47. The fourth-order valence-electron chi connectivity index (χ4n) is 5.12. The van der Waals surface area contributed by atoms with Crippen molar-refractivity contribution in [2.24, 2.45) is 11.5 Å². The summed E-state index contributed by atoms with van der Waals surface area (Å²) in [6.45, 7) is 0. The molecule has 0 saturated heterocycles. The van der Waals surface area contributed by atoms with Crippen LogP contribution in [0.1, 0.15) is 30.4 Å². The van der Waals surface area contributed by atoms with Crippen LogP contribution in [0.5, 0.6) is 0 Å². The number of carbonyl (C=O) groups excluding carboxylic acids is 4. The second-order valence-corrected chi connectivity index (χ2v) is 10.9. The number of carboxylic acid groups (broad SMARTS) is 2. The third-order valence-electron chi connectivity index (χ3n) is 7.48. The van der Waals surface area contributed by atoms with Gasteiger partial charge in [-0.05, 0) is 36.1 Å². The van der Waals surface area contributed by atoms with E-state index < -0.39 is 79.0 Å². The van der Waals surface area contributed by atoms with E-state index in [1.165, 1.54) is 0 Å². The summed E-state index contributed by atoms with van der Waals surface area (Å²) >= 11 is 0. The zero-order chi connectivity index (χ0) is 33.4. The second-order valence-electron chi connectivity index (χ2n) is 10.9. The van der Waals surface area contributed by atoms with Gasteiger partial charge < -0.3 is 47.6 Å². The molecule has 0 aliphatic rings. The van der Waals surface area contributed by atoms with E-state index in [9.17, 15) is 39.0 Å². The van der Waals surface area contributed by atoms with E-state index in [0.29, 0.717) is 5.56 Å². The number of H-pyrrole nitrogens is 2. The number of para-hydroxylation sites is 2. The van der Waals surface area contributed by atoms with Gasteiger partial charge in [0.25, 0.3) is 0 Å². The Morgan fingerprint density at radius 2 is 1.20 bits per heavy atom. The molecule has 4 unspecified atom stereocenters. The van der Waals surface area contributed by atoms with Gasteiger partial charge in [0, 0.05) is 47.0 Å². The number of primary amides is 1. The molecule has 2 heterocycles.